The Morgan fingerprint density at radius 2 is 1.07 bits per heavy atom. The smallest absolute Gasteiger partial charge is 0.220 e. The van der Waals surface area contributed by atoms with Gasteiger partial charge in [0.1, 0.15) is 6.29 Å². The van der Waals surface area contributed by atoms with E-state index in [1.807, 2.05) is 0 Å². The molecule has 0 heterocycles. The minimum Gasteiger partial charge on any atom is -0.351 e. The Morgan fingerprint density at radius 1 is 0.593 bits per heavy atom. The molecule has 0 aromatic heterocycles. The Labute approximate surface area is 336 Å². The number of unbranched alkanes of at least 4 members (excludes halogenated alkanes) is 17. The van der Waals surface area contributed by atoms with E-state index in [9.17, 15) is 9.59 Å². The summed E-state index contributed by atoms with van der Waals surface area (Å²) in [4.78, 5) is 23.8. The van der Waals surface area contributed by atoms with E-state index in [4.69, 9.17) is 5.73 Å². The van der Waals surface area contributed by atoms with E-state index in [-0.39, 0.29) is 11.4 Å². The van der Waals surface area contributed by atoms with Crippen LogP contribution in [0.2, 0.25) is 0 Å². The fourth-order valence-corrected chi connectivity index (χ4v) is 13.2. The lowest BCUT2D eigenvalue weighted by Crippen LogP contribution is -2.60. The number of hydrogen-bond acceptors (Lipinski definition) is 3. The maximum atomic E-state index is 13.1. The van der Waals surface area contributed by atoms with Crippen LogP contribution in [0.25, 0.3) is 0 Å². The molecule has 0 aromatic carbocycles. The standard InChI is InChI=1S/C50H92N2O2/c1-5-7-9-11-16-22-28-43-39(26-20-10-8-6-2)31-32-40(44(43)29-23-17-12-13-19-25-35-53)27-21-15-14-18-24-30-47(54)52-50(3,4)37-41-33-34-45-48(41)46-36-42(38-51)49(45)46/h35,39-46,48-49H,5-34,36-38,51H2,1-4H3,(H,52,54). The van der Waals surface area contributed by atoms with Crippen LogP contribution < -0.4 is 11.1 Å². The number of hydrogen-bond donors (Lipinski definition) is 2. The average Bonchev–Trinajstić information content (AvgIpc) is 3.47. The first-order valence-electron chi connectivity index (χ1n) is 24.8. The zero-order valence-electron chi connectivity index (χ0n) is 36.6. The molecule has 4 rings (SSSR count). The molecule has 4 aliphatic rings. The molecule has 1 amide bonds. The predicted molar refractivity (Wildman–Crippen MR) is 231 cm³/mol. The van der Waals surface area contributed by atoms with Crippen LogP contribution in [0.3, 0.4) is 0 Å². The molecule has 54 heavy (non-hydrogen) atoms. The highest BCUT2D eigenvalue weighted by Gasteiger charge is 2.63. The van der Waals surface area contributed by atoms with Crippen molar-refractivity contribution in [2.75, 3.05) is 6.54 Å². The molecule has 10 unspecified atom stereocenters. The van der Waals surface area contributed by atoms with Crippen LogP contribution >= 0.6 is 0 Å². The first-order chi connectivity index (χ1) is 26.3. The number of carbonyl (C=O) groups is 2. The van der Waals surface area contributed by atoms with Gasteiger partial charge < -0.3 is 15.8 Å². The topological polar surface area (TPSA) is 72.2 Å². The molecule has 3 N–H and O–H groups in total. The van der Waals surface area contributed by atoms with Crippen LogP contribution in [0.5, 0.6) is 0 Å². The molecule has 0 aromatic rings. The monoisotopic (exact) mass is 753 g/mol. The number of fused-ring (bicyclic) bond motifs is 4. The Morgan fingerprint density at radius 3 is 1.65 bits per heavy atom. The number of aldehydes is 1. The number of amides is 1. The number of rotatable bonds is 32. The maximum absolute atomic E-state index is 13.1. The molecule has 10 atom stereocenters. The van der Waals surface area contributed by atoms with Crippen LogP contribution in [0.15, 0.2) is 0 Å². The van der Waals surface area contributed by atoms with E-state index in [2.05, 4.69) is 33.0 Å². The van der Waals surface area contributed by atoms with Crippen molar-refractivity contribution in [2.24, 2.45) is 64.9 Å². The Kier molecular flexibility index (Phi) is 21.6. The van der Waals surface area contributed by atoms with Crippen molar-refractivity contribution < 1.29 is 9.59 Å². The quantitative estimate of drug-likeness (QED) is 0.0531. The first-order valence-corrected chi connectivity index (χ1v) is 24.8. The molecule has 0 bridgehead atoms. The van der Waals surface area contributed by atoms with Gasteiger partial charge in [-0.2, -0.15) is 0 Å². The van der Waals surface area contributed by atoms with Crippen molar-refractivity contribution >= 4 is 12.2 Å². The van der Waals surface area contributed by atoms with E-state index in [0.29, 0.717) is 6.42 Å². The Balaban J connectivity index is 1.17. The van der Waals surface area contributed by atoms with Gasteiger partial charge >= 0.3 is 0 Å². The largest absolute Gasteiger partial charge is 0.351 e. The molecule has 0 saturated heterocycles. The highest BCUT2D eigenvalue weighted by molar-refractivity contribution is 5.76. The zero-order chi connectivity index (χ0) is 38.6. The van der Waals surface area contributed by atoms with Crippen LogP contribution in [0.4, 0.5) is 0 Å². The molecule has 4 heteroatoms. The fourth-order valence-electron chi connectivity index (χ4n) is 13.2. The highest BCUT2D eigenvalue weighted by atomic mass is 16.1. The summed E-state index contributed by atoms with van der Waals surface area (Å²) >= 11 is 0. The third-order valence-electron chi connectivity index (χ3n) is 15.9. The molecular weight excluding hydrogens is 661 g/mol. The van der Waals surface area contributed by atoms with E-state index in [1.165, 1.54) is 173 Å². The van der Waals surface area contributed by atoms with Gasteiger partial charge in [-0.25, -0.2) is 0 Å². The lowest BCUT2D eigenvalue weighted by atomic mass is 9.42. The summed E-state index contributed by atoms with van der Waals surface area (Å²) < 4.78 is 0. The summed E-state index contributed by atoms with van der Waals surface area (Å²) in [6.45, 7) is 10.1. The summed E-state index contributed by atoms with van der Waals surface area (Å²) in [7, 11) is 0. The summed E-state index contributed by atoms with van der Waals surface area (Å²) in [6.07, 6.45) is 43.4. The van der Waals surface area contributed by atoms with Crippen LogP contribution in [-0.2, 0) is 9.59 Å². The zero-order valence-corrected chi connectivity index (χ0v) is 36.6. The number of nitrogens with two attached hydrogens (primary N) is 1. The second-order valence-corrected chi connectivity index (χ2v) is 20.3. The maximum Gasteiger partial charge on any atom is 0.220 e. The third kappa shape index (κ3) is 14.5. The molecular formula is C50H92N2O2. The van der Waals surface area contributed by atoms with Gasteiger partial charge in [0.15, 0.2) is 0 Å². The Bertz CT molecular complexity index is 1010. The van der Waals surface area contributed by atoms with E-state index in [0.717, 1.165) is 97.7 Å². The highest BCUT2D eigenvalue weighted by Crippen LogP contribution is 2.69. The van der Waals surface area contributed by atoms with Crippen LogP contribution in [-0.4, -0.2) is 24.3 Å². The van der Waals surface area contributed by atoms with Gasteiger partial charge in [0.25, 0.3) is 0 Å². The SMILES string of the molecule is CCCCCCCCC1C(CCCCCC)CCC(CCCCCCCC(=O)NC(C)(C)CC2CCC3C4C(CN)CC4C23)C1CCCCCCCC=O. The fraction of sp³-hybridized carbons (Fsp3) is 0.960. The van der Waals surface area contributed by atoms with Crippen molar-refractivity contribution in [3.63, 3.8) is 0 Å². The van der Waals surface area contributed by atoms with Crippen molar-refractivity contribution in [3.8, 4) is 0 Å². The summed E-state index contributed by atoms with van der Waals surface area (Å²) in [6, 6.07) is 0. The van der Waals surface area contributed by atoms with E-state index in [1.54, 1.807) is 0 Å². The normalized spacial score (nSPS) is 30.3. The van der Waals surface area contributed by atoms with Gasteiger partial charge in [0.2, 0.25) is 5.91 Å². The van der Waals surface area contributed by atoms with E-state index >= 15 is 0 Å². The van der Waals surface area contributed by atoms with Gasteiger partial charge in [-0.05, 0) is 144 Å². The van der Waals surface area contributed by atoms with Gasteiger partial charge in [0.05, 0.1) is 0 Å². The van der Waals surface area contributed by atoms with Crippen LogP contribution in [0, 0.1) is 59.2 Å². The second kappa shape index (κ2) is 25.5. The predicted octanol–water partition coefficient (Wildman–Crippen LogP) is 13.8. The lowest BCUT2D eigenvalue weighted by molar-refractivity contribution is -0.149. The molecule has 4 aliphatic carbocycles. The van der Waals surface area contributed by atoms with Crippen molar-refractivity contribution in [1.29, 1.82) is 0 Å². The first kappa shape index (κ1) is 45.8. The Hall–Kier alpha value is -0.900. The van der Waals surface area contributed by atoms with Crippen molar-refractivity contribution in [3.05, 3.63) is 0 Å². The number of nitrogens with one attached hydrogen (secondary N) is 1. The lowest BCUT2D eigenvalue weighted by Gasteiger charge is -2.63. The van der Waals surface area contributed by atoms with Gasteiger partial charge in [-0.15, -0.1) is 0 Å². The molecule has 314 valence electrons. The third-order valence-corrected chi connectivity index (χ3v) is 15.9. The molecule has 4 nitrogen and oxygen atoms in total. The summed E-state index contributed by atoms with van der Waals surface area (Å²) in [5, 5.41) is 3.47. The van der Waals surface area contributed by atoms with Crippen LogP contribution in [0.1, 0.15) is 233 Å². The average molecular weight is 753 g/mol. The van der Waals surface area contributed by atoms with E-state index < -0.39 is 0 Å². The minimum absolute atomic E-state index is 0.0902. The van der Waals surface area contributed by atoms with Crippen molar-refractivity contribution in [1.82, 2.24) is 5.32 Å². The van der Waals surface area contributed by atoms with Gasteiger partial charge in [0, 0.05) is 18.4 Å². The molecule has 4 saturated carbocycles. The summed E-state index contributed by atoms with van der Waals surface area (Å²) in [5.74, 6) is 9.43. The molecule has 0 aliphatic heterocycles. The second-order valence-electron chi connectivity index (χ2n) is 20.3. The van der Waals surface area contributed by atoms with Gasteiger partial charge in [-0.1, -0.05) is 142 Å². The molecule has 0 spiro atoms. The number of carbonyl (C=O) groups excluding carboxylic acids is 2. The molecule has 4 fully saturated rings. The minimum atomic E-state index is -0.0902. The molecule has 0 radical (unpaired) electrons. The van der Waals surface area contributed by atoms with Gasteiger partial charge in [-0.3, -0.25) is 4.79 Å². The van der Waals surface area contributed by atoms with Crippen molar-refractivity contribution in [2.45, 2.75) is 239 Å². The summed E-state index contributed by atoms with van der Waals surface area (Å²) in [5.41, 5.74) is 5.95.